The molecule has 0 aromatic heterocycles. The monoisotopic (exact) mass is 388 g/mol. The zero-order chi connectivity index (χ0) is 20.3. The molecule has 1 N–H and O–H groups in total. The number of benzene rings is 1. The highest BCUT2D eigenvalue weighted by atomic mass is 16.5. The van der Waals surface area contributed by atoms with E-state index in [1.165, 1.54) is 13.2 Å². The highest BCUT2D eigenvalue weighted by Gasteiger charge is 2.34. The fraction of sp³-hybridized carbons (Fsp3) is 0.524. The van der Waals surface area contributed by atoms with E-state index < -0.39 is 23.3 Å². The van der Waals surface area contributed by atoms with Crippen LogP contribution in [-0.2, 0) is 25.5 Å². The van der Waals surface area contributed by atoms with E-state index in [0.29, 0.717) is 24.2 Å². The van der Waals surface area contributed by atoms with Gasteiger partial charge in [0.15, 0.2) is 0 Å². The van der Waals surface area contributed by atoms with Gasteiger partial charge in [0.2, 0.25) is 11.6 Å². The number of esters is 1. The third-order valence-electron chi connectivity index (χ3n) is 5.56. The molecule has 0 bridgehead atoms. The minimum atomic E-state index is -0.947. The van der Waals surface area contributed by atoms with Crippen LogP contribution < -0.4 is 4.74 Å². The predicted molar refractivity (Wildman–Crippen MR) is 98.4 cm³/mol. The van der Waals surface area contributed by atoms with Crippen molar-refractivity contribution in [3.05, 3.63) is 23.3 Å². The lowest BCUT2D eigenvalue weighted by Crippen LogP contribution is -2.27. The van der Waals surface area contributed by atoms with Crippen molar-refractivity contribution in [1.82, 2.24) is 0 Å². The van der Waals surface area contributed by atoms with Crippen LogP contribution in [0.3, 0.4) is 0 Å². The first-order valence-electron chi connectivity index (χ1n) is 9.62. The van der Waals surface area contributed by atoms with Gasteiger partial charge in [-0.05, 0) is 56.1 Å². The van der Waals surface area contributed by atoms with Gasteiger partial charge in [-0.25, -0.2) is 4.79 Å². The van der Waals surface area contributed by atoms with E-state index in [9.17, 15) is 24.3 Å². The zero-order valence-corrected chi connectivity index (χ0v) is 15.9. The molecular formula is C21H24O7. The SMILES string of the molecule is COc1cc(O)c2c(c1)CCCC(=O)C(=O)C(=O)CC[C@@H]1CCCC1OC2=O. The second kappa shape index (κ2) is 8.54. The van der Waals surface area contributed by atoms with E-state index in [-0.39, 0.29) is 49.0 Å². The number of fused-ring (bicyclic) bond motifs is 2. The molecule has 2 atom stereocenters. The van der Waals surface area contributed by atoms with Gasteiger partial charge in [0.25, 0.3) is 5.78 Å². The molecule has 28 heavy (non-hydrogen) atoms. The Balaban J connectivity index is 1.94. The summed E-state index contributed by atoms with van der Waals surface area (Å²) in [6.07, 6.45) is 2.75. The van der Waals surface area contributed by atoms with E-state index in [2.05, 4.69) is 0 Å². The standard InChI is InChI=1S/C21H24O7/c1-27-14-10-13-5-2-6-15(22)20(25)16(23)9-8-12-4-3-7-18(12)28-21(26)19(13)17(24)11-14/h10-12,18,24H,2-9H2,1H3/t12-,18?/m0/s1. The minimum absolute atomic E-state index is 0.0116. The van der Waals surface area contributed by atoms with Crippen molar-refractivity contribution in [1.29, 1.82) is 0 Å². The number of carbonyl (C=O) groups excluding carboxylic acids is 4. The first-order valence-corrected chi connectivity index (χ1v) is 9.62. The van der Waals surface area contributed by atoms with Crippen molar-refractivity contribution in [2.75, 3.05) is 7.11 Å². The van der Waals surface area contributed by atoms with Crippen molar-refractivity contribution >= 4 is 23.3 Å². The van der Waals surface area contributed by atoms with E-state index in [0.717, 1.165) is 12.8 Å². The summed E-state index contributed by atoms with van der Waals surface area (Å²) in [5, 5.41) is 10.4. The van der Waals surface area contributed by atoms with Gasteiger partial charge in [-0.3, -0.25) is 14.4 Å². The molecule has 1 unspecified atom stereocenters. The highest BCUT2D eigenvalue weighted by molar-refractivity contribution is 6.63. The van der Waals surface area contributed by atoms with Gasteiger partial charge >= 0.3 is 5.97 Å². The van der Waals surface area contributed by atoms with Gasteiger partial charge in [-0.2, -0.15) is 0 Å². The molecule has 1 aromatic rings. The third kappa shape index (κ3) is 4.24. The number of Topliss-reactive ketones (excluding diaryl/α,β-unsaturated/α-hetero) is 3. The molecule has 1 aliphatic carbocycles. The Kier molecular flexibility index (Phi) is 6.11. The summed E-state index contributed by atoms with van der Waals surface area (Å²) >= 11 is 0. The van der Waals surface area contributed by atoms with Gasteiger partial charge in [0.1, 0.15) is 23.2 Å². The molecule has 150 valence electrons. The lowest BCUT2D eigenvalue weighted by atomic mass is 9.94. The summed E-state index contributed by atoms with van der Waals surface area (Å²) in [7, 11) is 1.44. The largest absolute Gasteiger partial charge is 0.507 e. The Morgan fingerprint density at radius 1 is 0.964 bits per heavy atom. The predicted octanol–water partition coefficient (Wildman–Crippen LogP) is 2.55. The summed E-state index contributed by atoms with van der Waals surface area (Å²) in [5.74, 6) is -2.84. The molecule has 1 aliphatic heterocycles. The van der Waals surface area contributed by atoms with Crippen LogP contribution in [0.4, 0.5) is 0 Å². The van der Waals surface area contributed by atoms with Crippen LogP contribution >= 0.6 is 0 Å². The smallest absolute Gasteiger partial charge is 0.342 e. The number of carbonyl (C=O) groups is 4. The number of hydrogen-bond donors (Lipinski definition) is 1. The van der Waals surface area contributed by atoms with Crippen LogP contribution in [0.1, 0.15) is 60.9 Å². The summed E-state index contributed by atoms with van der Waals surface area (Å²) in [4.78, 5) is 48.9. The number of rotatable bonds is 1. The van der Waals surface area contributed by atoms with Gasteiger partial charge in [0, 0.05) is 18.9 Å². The van der Waals surface area contributed by atoms with E-state index in [1.54, 1.807) is 6.07 Å². The Morgan fingerprint density at radius 3 is 2.46 bits per heavy atom. The maximum atomic E-state index is 12.8. The lowest BCUT2D eigenvalue weighted by Gasteiger charge is -2.21. The number of ketones is 3. The average molecular weight is 388 g/mol. The number of aromatic hydroxyl groups is 1. The van der Waals surface area contributed by atoms with Crippen LogP contribution in [0.2, 0.25) is 0 Å². The van der Waals surface area contributed by atoms with Crippen LogP contribution in [0, 0.1) is 5.92 Å². The lowest BCUT2D eigenvalue weighted by molar-refractivity contribution is -0.144. The van der Waals surface area contributed by atoms with Crippen LogP contribution in [-0.4, -0.2) is 41.6 Å². The summed E-state index contributed by atoms with van der Waals surface area (Å²) in [5.41, 5.74) is 0.554. The third-order valence-corrected chi connectivity index (χ3v) is 5.56. The fourth-order valence-corrected chi connectivity index (χ4v) is 4.03. The van der Waals surface area contributed by atoms with Crippen LogP contribution in [0.25, 0.3) is 0 Å². The second-order valence-corrected chi connectivity index (χ2v) is 7.38. The highest BCUT2D eigenvalue weighted by Crippen LogP contribution is 2.35. The molecule has 3 rings (SSSR count). The molecule has 7 heteroatoms. The number of aryl methyl sites for hydroxylation is 1. The quantitative estimate of drug-likeness (QED) is 0.582. The van der Waals surface area contributed by atoms with Gasteiger partial charge in [-0.15, -0.1) is 0 Å². The second-order valence-electron chi connectivity index (χ2n) is 7.38. The van der Waals surface area contributed by atoms with Gasteiger partial charge in [0.05, 0.1) is 7.11 Å². The molecule has 0 radical (unpaired) electrons. The van der Waals surface area contributed by atoms with E-state index in [1.807, 2.05) is 0 Å². The molecule has 1 fully saturated rings. The molecule has 0 amide bonds. The number of hydrogen-bond acceptors (Lipinski definition) is 7. The van der Waals surface area contributed by atoms with E-state index in [4.69, 9.17) is 9.47 Å². The average Bonchev–Trinajstić information content (AvgIpc) is 3.10. The molecule has 2 aliphatic rings. The topological polar surface area (TPSA) is 107 Å². The number of ether oxygens (including phenoxy) is 2. The molecule has 0 saturated heterocycles. The van der Waals surface area contributed by atoms with Crippen molar-refractivity contribution < 1.29 is 33.8 Å². The molecule has 1 heterocycles. The Hall–Kier alpha value is -2.70. The summed E-state index contributed by atoms with van der Waals surface area (Å²) in [6, 6.07) is 2.97. The Morgan fingerprint density at radius 2 is 1.71 bits per heavy atom. The van der Waals surface area contributed by atoms with Crippen LogP contribution in [0.15, 0.2) is 12.1 Å². The molecule has 7 nitrogen and oxygen atoms in total. The van der Waals surface area contributed by atoms with Gasteiger partial charge < -0.3 is 14.6 Å². The molecule has 1 aromatic carbocycles. The maximum Gasteiger partial charge on any atom is 0.342 e. The van der Waals surface area contributed by atoms with Gasteiger partial charge in [-0.1, -0.05) is 0 Å². The van der Waals surface area contributed by atoms with E-state index >= 15 is 0 Å². The number of methoxy groups -OCH3 is 1. The number of phenols is 1. The van der Waals surface area contributed by atoms with Crippen molar-refractivity contribution in [2.24, 2.45) is 5.92 Å². The first kappa shape index (κ1) is 20.0. The summed E-state index contributed by atoms with van der Waals surface area (Å²) in [6.45, 7) is 0. The van der Waals surface area contributed by atoms with Crippen molar-refractivity contribution in [2.45, 2.75) is 57.5 Å². The summed E-state index contributed by atoms with van der Waals surface area (Å²) < 4.78 is 10.8. The minimum Gasteiger partial charge on any atom is -0.507 e. The first-order chi connectivity index (χ1) is 13.4. The molecule has 0 spiro atoms. The van der Waals surface area contributed by atoms with Crippen LogP contribution in [0.5, 0.6) is 11.5 Å². The normalized spacial score (nSPS) is 24.2. The maximum absolute atomic E-state index is 12.8. The molecule has 1 saturated carbocycles. The van der Waals surface area contributed by atoms with Crippen molar-refractivity contribution in [3.63, 3.8) is 0 Å². The molecular weight excluding hydrogens is 364 g/mol. The zero-order valence-electron chi connectivity index (χ0n) is 15.9. The Labute approximate surface area is 163 Å². The fourth-order valence-electron chi connectivity index (χ4n) is 4.03. The Bertz CT molecular complexity index is 811. The van der Waals surface area contributed by atoms with Crippen molar-refractivity contribution in [3.8, 4) is 11.5 Å². The number of phenolic OH excluding ortho intramolecular Hbond substituents is 1.